The molecule has 3 heteroatoms. The number of rotatable bonds is 0. The number of hydrogen-bond acceptors (Lipinski definition) is 3. The van der Waals surface area contributed by atoms with Gasteiger partial charge in [0.05, 0.1) is 0 Å². The number of likely N-dealkylation sites (N-methyl/N-ethyl adjacent to an activating group) is 1. The highest BCUT2D eigenvalue weighted by molar-refractivity contribution is 4.88. The quantitative estimate of drug-likeness (QED) is 0.472. The van der Waals surface area contributed by atoms with E-state index in [0.29, 0.717) is 0 Å². The zero-order valence-electron chi connectivity index (χ0n) is 6.43. The van der Waals surface area contributed by atoms with Crippen LogP contribution in [0.25, 0.3) is 0 Å². The lowest BCUT2D eigenvalue weighted by Gasteiger charge is -2.32. The fourth-order valence-corrected chi connectivity index (χ4v) is 1.91. The van der Waals surface area contributed by atoms with Crippen molar-refractivity contribution in [2.75, 3.05) is 26.7 Å². The molecule has 2 heterocycles. The first-order valence-electron chi connectivity index (χ1n) is 4.04. The maximum atomic E-state index is 3.51. The van der Waals surface area contributed by atoms with Crippen LogP contribution in [0.3, 0.4) is 0 Å². The summed E-state index contributed by atoms with van der Waals surface area (Å²) in [6, 6.07) is 0.756. The molecular formula is C7H15N3. The van der Waals surface area contributed by atoms with Gasteiger partial charge in [-0.05, 0) is 18.9 Å². The summed E-state index contributed by atoms with van der Waals surface area (Å²) in [6.07, 6.45) is 1.35. The van der Waals surface area contributed by atoms with Gasteiger partial charge in [0.2, 0.25) is 0 Å². The van der Waals surface area contributed by atoms with Gasteiger partial charge < -0.3 is 5.32 Å². The van der Waals surface area contributed by atoms with Crippen molar-refractivity contribution in [1.29, 1.82) is 0 Å². The van der Waals surface area contributed by atoms with Crippen LogP contribution < -0.4 is 10.7 Å². The van der Waals surface area contributed by atoms with Crippen LogP contribution in [0.5, 0.6) is 0 Å². The Morgan fingerprint density at radius 2 is 2.40 bits per heavy atom. The van der Waals surface area contributed by atoms with Crippen LogP contribution in [0, 0.1) is 5.92 Å². The topological polar surface area (TPSA) is 27.3 Å². The molecule has 2 fully saturated rings. The van der Waals surface area contributed by atoms with Crippen molar-refractivity contribution >= 4 is 0 Å². The van der Waals surface area contributed by atoms with E-state index in [1.807, 2.05) is 0 Å². The third-order valence-electron chi connectivity index (χ3n) is 2.58. The van der Waals surface area contributed by atoms with E-state index >= 15 is 0 Å². The highest BCUT2D eigenvalue weighted by Gasteiger charge is 2.30. The Balaban J connectivity index is 1.96. The van der Waals surface area contributed by atoms with Crippen molar-refractivity contribution < 1.29 is 0 Å². The van der Waals surface area contributed by atoms with Gasteiger partial charge in [-0.25, -0.2) is 5.01 Å². The Morgan fingerprint density at radius 3 is 3.30 bits per heavy atom. The normalized spacial score (nSPS) is 41.7. The Kier molecular flexibility index (Phi) is 1.64. The van der Waals surface area contributed by atoms with Crippen molar-refractivity contribution in [3.63, 3.8) is 0 Å². The van der Waals surface area contributed by atoms with Crippen LogP contribution in [-0.2, 0) is 0 Å². The molecule has 2 N–H and O–H groups in total. The molecule has 2 saturated heterocycles. The van der Waals surface area contributed by atoms with Crippen LogP contribution in [0.4, 0.5) is 0 Å². The van der Waals surface area contributed by atoms with Gasteiger partial charge in [0.1, 0.15) is 0 Å². The lowest BCUT2D eigenvalue weighted by atomic mass is 9.99. The molecule has 0 aliphatic carbocycles. The van der Waals surface area contributed by atoms with E-state index in [2.05, 4.69) is 22.8 Å². The zero-order chi connectivity index (χ0) is 6.97. The minimum absolute atomic E-state index is 0.756. The van der Waals surface area contributed by atoms with Crippen LogP contribution in [0.2, 0.25) is 0 Å². The molecule has 0 saturated carbocycles. The summed E-state index contributed by atoms with van der Waals surface area (Å²) < 4.78 is 0. The molecule has 2 atom stereocenters. The number of nitrogens with one attached hydrogen (secondary N) is 2. The van der Waals surface area contributed by atoms with Gasteiger partial charge in [-0.15, -0.1) is 0 Å². The van der Waals surface area contributed by atoms with Crippen LogP contribution in [0.15, 0.2) is 0 Å². The summed E-state index contributed by atoms with van der Waals surface area (Å²) in [5.74, 6) is 0.885. The smallest absolute Gasteiger partial charge is 0.0285 e. The molecule has 10 heavy (non-hydrogen) atoms. The molecule has 0 spiro atoms. The van der Waals surface area contributed by atoms with Crippen molar-refractivity contribution in [3.05, 3.63) is 0 Å². The van der Waals surface area contributed by atoms with Crippen LogP contribution in [-0.4, -0.2) is 37.7 Å². The average Bonchev–Trinajstić information content (AvgIpc) is 2.33. The first-order chi connectivity index (χ1) is 4.86. The summed E-state index contributed by atoms with van der Waals surface area (Å²) in [5.41, 5.74) is 3.35. The van der Waals surface area contributed by atoms with Gasteiger partial charge in [-0.1, -0.05) is 0 Å². The largest absolute Gasteiger partial charge is 0.312 e. The first-order valence-corrected chi connectivity index (χ1v) is 4.04. The molecule has 2 rings (SSSR count). The second-order valence-corrected chi connectivity index (χ2v) is 3.35. The van der Waals surface area contributed by atoms with E-state index in [9.17, 15) is 0 Å². The van der Waals surface area contributed by atoms with E-state index in [1.165, 1.54) is 13.0 Å². The Bertz CT molecular complexity index is 126. The van der Waals surface area contributed by atoms with Gasteiger partial charge in [-0.2, -0.15) is 0 Å². The molecule has 2 aliphatic heterocycles. The van der Waals surface area contributed by atoms with E-state index < -0.39 is 0 Å². The van der Waals surface area contributed by atoms with Gasteiger partial charge >= 0.3 is 0 Å². The SMILES string of the molecule is CN1CC2NCCC2CN1. The molecule has 0 bridgehead atoms. The molecule has 2 aliphatic rings. The maximum Gasteiger partial charge on any atom is 0.0285 e. The van der Waals surface area contributed by atoms with Gasteiger partial charge in [-0.3, -0.25) is 5.43 Å². The Morgan fingerprint density at radius 1 is 1.50 bits per heavy atom. The molecule has 0 amide bonds. The summed E-state index contributed by atoms with van der Waals surface area (Å²) in [7, 11) is 2.11. The summed E-state index contributed by atoms with van der Waals surface area (Å²) in [6.45, 7) is 3.53. The standard InChI is InChI=1S/C7H15N3/c1-10-5-7-6(4-9-10)2-3-8-7/h6-9H,2-5H2,1H3. The van der Waals surface area contributed by atoms with Gasteiger partial charge in [0.15, 0.2) is 0 Å². The molecule has 0 radical (unpaired) electrons. The molecule has 2 unspecified atom stereocenters. The third-order valence-corrected chi connectivity index (χ3v) is 2.58. The summed E-state index contributed by atoms with van der Waals surface area (Å²) in [4.78, 5) is 0. The minimum atomic E-state index is 0.756. The minimum Gasteiger partial charge on any atom is -0.312 e. The summed E-state index contributed by atoms with van der Waals surface area (Å²) >= 11 is 0. The number of hydrogen-bond donors (Lipinski definition) is 2. The van der Waals surface area contributed by atoms with Crippen molar-refractivity contribution in [3.8, 4) is 0 Å². The highest BCUT2D eigenvalue weighted by Crippen LogP contribution is 2.17. The zero-order valence-corrected chi connectivity index (χ0v) is 6.43. The van der Waals surface area contributed by atoms with Gasteiger partial charge in [0, 0.05) is 26.2 Å². The fraction of sp³-hybridized carbons (Fsp3) is 1.00. The number of fused-ring (bicyclic) bond motifs is 1. The molecule has 58 valence electrons. The summed E-state index contributed by atoms with van der Waals surface area (Å²) in [5, 5.41) is 5.69. The second-order valence-electron chi connectivity index (χ2n) is 3.35. The molecule has 0 aromatic carbocycles. The fourth-order valence-electron chi connectivity index (χ4n) is 1.91. The highest BCUT2D eigenvalue weighted by atomic mass is 15.5. The molecule has 0 aromatic rings. The van der Waals surface area contributed by atoms with E-state index in [0.717, 1.165) is 25.0 Å². The predicted octanol–water partition coefficient (Wildman–Crippen LogP) is -0.585. The third kappa shape index (κ3) is 1.05. The predicted molar refractivity (Wildman–Crippen MR) is 40.5 cm³/mol. The van der Waals surface area contributed by atoms with Crippen molar-refractivity contribution in [2.24, 2.45) is 5.92 Å². The lowest BCUT2D eigenvalue weighted by molar-refractivity contribution is 0.137. The number of nitrogens with zero attached hydrogens (tertiary/aromatic N) is 1. The average molecular weight is 141 g/mol. The maximum absolute atomic E-state index is 3.51. The first kappa shape index (κ1) is 6.58. The molecular weight excluding hydrogens is 126 g/mol. The second kappa shape index (κ2) is 2.49. The van der Waals surface area contributed by atoms with Crippen LogP contribution in [0.1, 0.15) is 6.42 Å². The Labute approximate surface area is 61.7 Å². The van der Waals surface area contributed by atoms with Crippen LogP contribution >= 0.6 is 0 Å². The van der Waals surface area contributed by atoms with E-state index in [4.69, 9.17) is 0 Å². The van der Waals surface area contributed by atoms with E-state index in [1.54, 1.807) is 0 Å². The molecule has 3 nitrogen and oxygen atoms in total. The van der Waals surface area contributed by atoms with Crippen molar-refractivity contribution in [1.82, 2.24) is 15.8 Å². The van der Waals surface area contributed by atoms with Gasteiger partial charge in [0.25, 0.3) is 0 Å². The Hall–Kier alpha value is -0.120. The lowest BCUT2D eigenvalue weighted by Crippen LogP contribution is -2.53. The van der Waals surface area contributed by atoms with Crippen molar-refractivity contribution in [2.45, 2.75) is 12.5 Å². The van der Waals surface area contributed by atoms with E-state index in [-0.39, 0.29) is 0 Å². The monoisotopic (exact) mass is 141 g/mol. The number of hydrazine groups is 1. The molecule has 0 aromatic heterocycles.